The second-order valence-corrected chi connectivity index (χ2v) is 5.78. The van der Waals surface area contributed by atoms with Crippen molar-refractivity contribution in [1.82, 2.24) is 10.1 Å². The lowest BCUT2D eigenvalue weighted by atomic mass is 9.91. The molecule has 3 nitrogen and oxygen atoms in total. The SMILES string of the molecule is CC(C)(c1nc(C2CC2)no1)c1cccs1. The number of hydrogen-bond donors (Lipinski definition) is 0. The van der Waals surface area contributed by atoms with Crippen molar-refractivity contribution in [3.63, 3.8) is 0 Å². The Labute approximate surface area is 98.5 Å². The second-order valence-electron chi connectivity index (χ2n) is 4.83. The molecule has 0 unspecified atom stereocenters. The zero-order valence-corrected chi connectivity index (χ0v) is 10.3. The van der Waals surface area contributed by atoms with Gasteiger partial charge in [-0.1, -0.05) is 11.2 Å². The highest BCUT2D eigenvalue weighted by Gasteiger charge is 2.34. The Bertz CT molecular complexity index is 483. The number of hydrogen-bond acceptors (Lipinski definition) is 4. The molecule has 0 radical (unpaired) electrons. The predicted octanol–water partition coefficient (Wildman–Crippen LogP) is 3.33. The highest BCUT2D eigenvalue weighted by Crippen LogP contribution is 2.40. The van der Waals surface area contributed by atoms with Gasteiger partial charge in [0.25, 0.3) is 0 Å². The van der Waals surface area contributed by atoms with Crippen LogP contribution in [-0.4, -0.2) is 10.1 Å². The molecule has 1 saturated carbocycles. The van der Waals surface area contributed by atoms with Gasteiger partial charge in [0.1, 0.15) is 0 Å². The van der Waals surface area contributed by atoms with Gasteiger partial charge in [0.05, 0.1) is 5.41 Å². The molecule has 1 fully saturated rings. The van der Waals surface area contributed by atoms with Gasteiger partial charge in [0, 0.05) is 10.8 Å². The van der Waals surface area contributed by atoms with Gasteiger partial charge < -0.3 is 4.52 Å². The minimum atomic E-state index is -0.172. The smallest absolute Gasteiger partial charge is 0.237 e. The van der Waals surface area contributed by atoms with Crippen molar-refractivity contribution < 1.29 is 4.52 Å². The molecular formula is C12H14N2OS. The summed E-state index contributed by atoms with van der Waals surface area (Å²) < 4.78 is 5.40. The molecule has 1 aliphatic carbocycles. The van der Waals surface area contributed by atoms with Crippen LogP contribution in [-0.2, 0) is 5.41 Å². The quantitative estimate of drug-likeness (QED) is 0.817. The third-order valence-electron chi connectivity index (χ3n) is 3.06. The normalized spacial score (nSPS) is 16.6. The first-order valence-corrected chi connectivity index (χ1v) is 6.44. The average molecular weight is 234 g/mol. The maximum atomic E-state index is 5.40. The molecule has 2 aromatic rings. The van der Waals surface area contributed by atoms with Gasteiger partial charge in [0.15, 0.2) is 5.82 Å². The third kappa shape index (κ3) is 1.57. The monoisotopic (exact) mass is 234 g/mol. The molecule has 84 valence electrons. The summed E-state index contributed by atoms with van der Waals surface area (Å²) in [7, 11) is 0. The second kappa shape index (κ2) is 3.42. The van der Waals surface area contributed by atoms with Crippen LogP contribution in [0, 0.1) is 0 Å². The topological polar surface area (TPSA) is 38.9 Å². The minimum Gasteiger partial charge on any atom is -0.338 e. The lowest BCUT2D eigenvalue weighted by Crippen LogP contribution is -2.17. The Morgan fingerprint density at radius 3 is 2.88 bits per heavy atom. The van der Waals surface area contributed by atoms with Crippen molar-refractivity contribution in [2.45, 2.75) is 38.0 Å². The van der Waals surface area contributed by atoms with E-state index < -0.39 is 0 Å². The number of aromatic nitrogens is 2. The molecule has 3 rings (SSSR count). The van der Waals surface area contributed by atoms with E-state index in [4.69, 9.17) is 4.52 Å². The lowest BCUT2D eigenvalue weighted by molar-refractivity contribution is 0.331. The molecule has 1 aliphatic rings. The van der Waals surface area contributed by atoms with Crippen LogP contribution in [0.25, 0.3) is 0 Å². The lowest BCUT2D eigenvalue weighted by Gasteiger charge is -2.17. The fourth-order valence-electron chi connectivity index (χ4n) is 1.74. The minimum absolute atomic E-state index is 0.172. The van der Waals surface area contributed by atoms with Crippen LogP contribution in [0.3, 0.4) is 0 Å². The number of nitrogens with zero attached hydrogens (tertiary/aromatic N) is 2. The summed E-state index contributed by atoms with van der Waals surface area (Å²) >= 11 is 1.73. The van der Waals surface area contributed by atoms with Gasteiger partial charge in [-0.2, -0.15) is 4.98 Å². The molecule has 0 amide bonds. The summed E-state index contributed by atoms with van der Waals surface area (Å²) in [6, 6.07) is 4.17. The molecule has 2 heterocycles. The molecule has 4 heteroatoms. The molecule has 0 N–H and O–H groups in total. The molecule has 0 spiro atoms. The Morgan fingerprint density at radius 2 is 2.25 bits per heavy atom. The van der Waals surface area contributed by atoms with Gasteiger partial charge in [-0.25, -0.2) is 0 Å². The van der Waals surface area contributed by atoms with E-state index in [0.717, 1.165) is 11.7 Å². The third-order valence-corrected chi connectivity index (χ3v) is 4.25. The van der Waals surface area contributed by atoms with Crippen LogP contribution in [0.5, 0.6) is 0 Å². The van der Waals surface area contributed by atoms with Crippen molar-refractivity contribution in [1.29, 1.82) is 0 Å². The molecule has 2 aromatic heterocycles. The fraction of sp³-hybridized carbons (Fsp3) is 0.500. The largest absolute Gasteiger partial charge is 0.338 e. The van der Waals surface area contributed by atoms with E-state index in [9.17, 15) is 0 Å². The van der Waals surface area contributed by atoms with E-state index in [1.54, 1.807) is 11.3 Å². The zero-order valence-electron chi connectivity index (χ0n) is 9.43. The van der Waals surface area contributed by atoms with E-state index in [0.29, 0.717) is 5.92 Å². The molecule has 16 heavy (non-hydrogen) atoms. The van der Waals surface area contributed by atoms with Gasteiger partial charge in [-0.3, -0.25) is 0 Å². The van der Waals surface area contributed by atoms with Gasteiger partial charge in [-0.15, -0.1) is 11.3 Å². The molecular weight excluding hydrogens is 220 g/mol. The van der Waals surface area contributed by atoms with Gasteiger partial charge in [-0.05, 0) is 38.1 Å². The van der Waals surface area contributed by atoms with Crippen LogP contribution < -0.4 is 0 Å². The maximum Gasteiger partial charge on any atom is 0.237 e. The van der Waals surface area contributed by atoms with Crippen LogP contribution >= 0.6 is 11.3 Å². The molecule has 0 bridgehead atoms. The molecule has 0 saturated heterocycles. The number of thiophene rings is 1. The first kappa shape index (κ1) is 10.0. The van der Waals surface area contributed by atoms with Crippen LogP contribution in [0.4, 0.5) is 0 Å². The van der Waals surface area contributed by atoms with Gasteiger partial charge in [0.2, 0.25) is 5.89 Å². The molecule has 0 aliphatic heterocycles. The maximum absolute atomic E-state index is 5.40. The van der Waals surface area contributed by atoms with Crippen LogP contribution in [0.1, 0.15) is 49.2 Å². The van der Waals surface area contributed by atoms with E-state index in [1.165, 1.54) is 17.7 Å². The van der Waals surface area contributed by atoms with E-state index in [1.807, 2.05) is 0 Å². The zero-order chi connectivity index (χ0) is 11.2. The standard InChI is InChI=1S/C12H14N2OS/c1-12(2,9-4-3-7-16-9)11-13-10(14-15-11)8-5-6-8/h3-4,7-8H,5-6H2,1-2H3. The summed E-state index contributed by atoms with van der Waals surface area (Å²) in [5.74, 6) is 2.17. The highest BCUT2D eigenvalue weighted by molar-refractivity contribution is 7.10. The van der Waals surface area contributed by atoms with Gasteiger partial charge >= 0.3 is 0 Å². The Hall–Kier alpha value is -1.16. The van der Waals surface area contributed by atoms with E-state index in [2.05, 4.69) is 41.5 Å². The highest BCUT2D eigenvalue weighted by atomic mass is 32.1. The van der Waals surface area contributed by atoms with E-state index in [-0.39, 0.29) is 5.41 Å². The number of rotatable bonds is 3. The Balaban J connectivity index is 1.95. The van der Waals surface area contributed by atoms with Crippen molar-refractivity contribution >= 4 is 11.3 Å². The first-order chi connectivity index (χ1) is 7.68. The Kier molecular flexibility index (Phi) is 2.14. The van der Waals surface area contributed by atoms with Crippen LogP contribution in [0.2, 0.25) is 0 Å². The van der Waals surface area contributed by atoms with Crippen molar-refractivity contribution in [2.75, 3.05) is 0 Å². The molecule has 0 aromatic carbocycles. The average Bonchev–Trinajstić information content (AvgIpc) is 2.83. The summed E-state index contributed by atoms with van der Waals surface area (Å²) in [4.78, 5) is 5.79. The first-order valence-electron chi connectivity index (χ1n) is 5.56. The predicted molar refractivity (Wildman–Crippen MR) is 62.7 cm³/mol. The fourth-order valence-corrected chi connectivity index (χ4v) is 2.58. The summed E-state index contributed by atoms with van der Waals surface area (Å²) in [5.41, 5.74) is -0.172. The summed E-state index contributed by atoms with van der Waals surface area (Å²) in [6.07, 6.45) is 2.41. The van der Waals surface area contributed by atoms with E-state index >= 15 is 0 Å². The van der Waals surface area contributed by atoms with Crippen molar-refractivity contribution in [2.24, 2.45) is 0 Å². The van der Waals surface area contributed by atoms with Crippen molar-refractivity contribution in [3.05, 3.63) is 34.1 Å². The molecule has 0 atom stereocenters. The Morgan fingerprint density at radius 1 is 1.44 bits per heavy atom. The van der Waals surface area contributed by atoms with Crippen molar-refractivity contribution in [3.8, 4) is 0 Å². The summed E-state index contributed by atoms with van der Waals surface area (Å²) in [5, 5.41) is 6.15. The van der Waals surface area contributed by atoms with Crippen LogP contribution in [0.15, 0.2) is 22.0 Å². The summed E-state index contributed by atoms with van der Waals surface area (Å²) in [6.45, 7) is 4.26.